The average Bonchev–Trinajstić information content (AvgIpc) is 2.27. The van der Waals surface area contributed by atoms with Gasteiger partial charge in [0.1, 0.15) is 0 Å². The van der Waals surface area contributed by atoms with Crippen LogP contribution in [0, 0.1) is 0 Å². The summed E-state index contributed by atoms with van der Waals surface area (Å²) < 4.78 is 17.5. The van der Waals surface area contributed by atoms with Gasteiger partial charge >= 0.3 is 5.97 Å². The van der Waals surface area contributed by atoms with Crippen LogP contribution in [0.2, 0.25) is 0 Å². The molecule has 1 unspecified atom stereocenters. The van der Waals surface area contributed by atoms with Gasteiger partial charge in [0.2, 0.25) is 0 Å². The van der Waals surface area contributed by atoms with Gasteiger partial charge in [0.15, 0.2) is 0 Å². The number of hydrogen-bond donors (Lipinski definition) is 0. The first kappa shape index (κ1) is 11.7. The largest absolute Gasteiger partial charge is 0.466 e. The van der Waals surface area contributed by atoms with Crippen LogP contribution in [0.5, 0.6) is 0 Å². The van der Waals surface area contributed by atoms with Crippen molar-refractivity contribution in [2.24, 2.45) is 0 Å². The maximum atomic E-state index is 12.7. The summed E-state index contributed by atoms with van der Waals surface area (Å²) in [5, 5.41) is 0. The van der Waals surface area contributed by atoms with Crippen LogP contribution in [0.15, 0.2) is 30.3 Å². The molecule has 0 fully saturated rings. The van der Waals surface area contributed by atoms with Crippen LogP contribution in [0.25, 0.3) is 0 Å². The summed E-state index contributed by atoms with van der Waals surface area (Å²) in [6, 6.07) is 9.18. The minimum Gasteiger partial charge on any atom is -0.466 e. The van der Waals surface area contributed by atoms with Gasteiger partial charge in [0, 0.05) is 5.92 Å². The topological polar surface area (TPSA) is 26.3 Å². The zero-order valence-electron chi connectivity index (χ0n) is 8.78. The second-order valence-electron chi connectivity index (χ2n) is 3.27. The van der Waals surface area contributed by atoms with Crippen LogP contribution < -0.4 is 0 Å². The molecule has 15 heavy (non-hydrogen) atoms. The Labute approximate surface area is 89.1 Å². The average molecular weight is 210 g/mol. The van der Waals surface area contributed by atoms with Crippen molar-refractivity contribution in [2.75, 3.05) is 13.3 Å². The van der Waals surface area contributed by atoms with Crippen molar-refractivity contribution in [3.63, 3.8) is 0 Å². The number of carbonyl (C=O) groups is 1. The maximum Gasteiger partial charge on any atom is 0.306 e. The normalized spacial score (nSPS) is 12.1. The van der Waals surface area contributed by atoms with Crippen LogP contribution in [-0.2, 0) is 9.53 Å². The van der Waals surface area contributed by atoms with Crippen LogP contribution in [-0.4, -0.2) is 19.3 Å². The van der Waals surface area contributed by atoms with Crippen LogP contribution >= 0.6 is 0 Å². The lowest BCUT2D eigenvalue weighted by atomic mass is 9.97. The van der Waals surface area contributed by atoms with Crippen molar-refractivity contribution in [1.82, 2.24) is 0 Å². The zero-order valence-corrected chi connectivity index (χ0v) is 8.78. The molecule has 1 aromatic rings. The summed E-state index contributed by atoms with van der Waals surface area (Å²) in [6.07, 6.45) is 0.106. The molecule has 0 heterocycles. The highest BCUT2D eigenvalue weighted by atomic mass is 19.1. The predicted molar refractivity (Wildman–Crippen MR) is 56.4 cm³/mol. The molecule has 1 rings (SSSR count). The minimum absolute atomic E-state index is 0.106. The Hall–Kier alpha value is -1.38. The van der Waals surface area contributed by atoms with Gasteiger partial charge in [-0.15, -0.1) is 0 Å². The van der Waals surface area contributed by atoms with Crippen molar-refractivity contribution in [3.05, 3.63) is 35.9 Å². The number of ether oxygens (including phenoxy) is 1. The summed E-state index contributed by atoms with van der Waals surface area (Å²) in [5.74, 6) is -0.728. The van der Waals surface area contributed by atoms with E-state index in [2.05, 4.69) is 0 Å². The van der Waals surface area contributed by atoms with E-state index in [1.54, 1.807) is 6.92 Å². The van der Waals surface area contributed by atoms with Gasteiger partial charge in [-0.3, -0.25) is 9.18 Å². The lowest BCUT2D eigenvalue weighted by Gasteiger charge is -2.12. The first-order valence-electron chi connectivity index (χ1n) is 5.04. The highest BCUT2D eigenvalue weighted by Crippen LogP contribution is 2.20. The molecule has 0 radical (unpaired) electrons. The van der Waals surface area contributed by atoms with Crippen LogP contribution in [0.4, 0.5) is 4.39 Å². The minimum atomic E-state index is -0.539. The Kier molecular flexibility index (Phi) is 4.81. The van der Waals surface area contributed by atoms with E-state index in [1.807, 2.05) is 30.3 Å². The molecule has 0 aliphatic carbocycles. The van der Waals surface area contributed by atoms with Gasteiger partial charge in [0.25, 0.3) is 0 Å². The molecule has 0 aliphatic heterocycles. The van der Waals surface area contributed by atoms with Crippen molar-refractivity contribution in [1.29, 1.82) is 0 Å². The predicted octanol–water partition coefficient (Wildman–Crippen LogP) is 2.69. The third-order valence-electron chi connectivity index (χ3n) is 2.18. The van der Waals surface area contributed by atoms with E-state index >= 15 is 0 Å². The molecular formula is C12H15FO2. The fraction of sp³-hybridized carbons (Fsp3) is 0.417. The van der Waals surface area contributed by atoms with E-state index in [0.717, 1.165) is 5.56 Å². The second kappa shape index (κ2) is 6.17. The van der Waals surface area contributed by atoms with Gasteiger partial charge in [-0.1, -0.05) is 30.3 Å². The smallest absolute Gasteiger partial charge is 0.306 e. The molecule has 1 aromatic carbocycles. The third kappa shape index (κ3) is 3.70. The SMILES string of the molecule is CCOC(=O)CC(CF)c1ccccc1. The van der Waals surface area contributed by atoms with E-state index in [4.69, 9.17) is 4.74 Å². The number of rotatable bonds is 5. The lowest BCUT2D eigenvalue weighted by molar-refractivity contribution is -0.143. The fourth-order valence-corrected chi connectivity index (χ4v) is 1.41. The van der Waals surface area contributed by atoms with E-state index < -0.39 is 6.67 Å². The van der Waals surface area contributed by atoms with Crippen LogP contribution in [0.1, 0.15) is 24.8 Å². The first-order valence-corrected chi connectivity index (χ1v) is 5.04. The van der Waals surface area contributed by atoms with Gasteiger partial charge < -0.3 is 4.74 Å². The van der Waals surface area contributed by atoms with Crippen molar-refractivity contribution >= 4 is 5.97 Å². The number of carbonyl (C=O) groups excluding carboxylic acids is 1. The number of alkyl halides is 1. The van der Waals surface area contributed by atoms with Gasteiger partial charge in [-0.05, 0) is 12.5 Å². The highest BCUT2D eigenvalue weighted by Gasteiger charge is 2.16. The second-order valence-corrected chi connectivity index (χ2v) is 3.27. The molecule has 2 nitrogen and oxygen atoms in total. The van der Waals surface area contributed by atoms with Gasteiger partial charge in [-0.25, -0.2) is 0 Å². The van der Waals surface area contributed by atoms with E-state index in [1.165, 1.54) is 0 Å². The Morgan fingerprint density at radius 1 is 1.40 bits per heavy atom. The highest BCUT2D eigenvalue weighted by molar-refractivity contribution is 5.70. The first-order chi connectivity index (χ1) is 7.27. The number of benzene rings is 1. The summed E-state index contributed by atoms with van der Waals surface area (Å²) in [6.45, 7) is 1.54. The molecule has 0 bridgehead atoms. The van der Waals surface area contributed by atoms with E-state index in [9.17, 15) is 9.18 Å². The number of hydrogen-bond acceptors (Lipinski definition) is 2. The number of esters is 1. The van der Waals surface area contributed by atoms with Crippen molar-refractivity contribution in [2.45, 2.75) is 19.3 Å². The Morgan fingerprint density at radius 3 is 2.60 bits per heavy atom. The standard InChI is InChI=1S/C12H15FO2/c1-2-15-12(14)8-11(9-13)10-6-4-3-5-7-10/h3-7,11H,2,8-9H2,1H3. The molecule has 0 aromatic heterocycles. The summed E-state index contributed by atoms with van der Waals surface area (Å²) in [4.78, 5) is 11.2. The molecular weight excluding hydrogens is 195 g/mol. The third-order valence-corrected chi connectivity index (χ3v) is 2.18. The maximum absolute atomic E-state index is 12.7. The Bertz CT molecular complexity index is 298. The van der Waals surface area contributed by atoms with E-state index in [-0.39, 0.29) is 18.3 Å². The molecule has 0 spiro atoms. The lowest BCUT2D eigenvalue weighted by Crippen LogP contribution is -2.11. The van der Waals surface area contributed by atoms with Gasteiger partial charge in [0.05, 0.1) is 19.7 Å². The monoisotopic (exact) mass is 210 g/mol. The molecule has 3 heteroatoms. The van der Waals surface area contributed by atoms with Gasteiger partial charge in [-0.2, -0.15) is 0 Å². The molecule has 1 atom stereocenters. The quantitative estimate of drug-likeness (QED) is 0.698. The summed E-state index contributed by atoms with van der Waals surface area (Å²) >= 11 is 0. The molecule has 0 amide bonds. The van der Waals surface area contributed by atoms with Crippen LogP contribution in [0.3, 0.4) is 0 Å². The summed E-state index contributed by atoms with van der Waals surface area (Å²) in [7, 11) is 0. The number of halogens is 1. The van der Waals surface area contributed by atoms with Crippen molar-refractivity contribution in [3.8, 4) is 0 Å². The summed E-state index contributed by atoms with van der Waals surface area (Å²) in [5.41, 5.74) is 0.841. The molecule has 0 aliphatic rings. The molecule has 82 valence electrons. The molecule has 0 saturated carbocycles. The van der Waals surface area contributed by atoms with E-state index in [0.29, 0.717) is 6.61 Å². The molecule has 0 N–H and O–H groups in total. The molecule has 0 saturated heterocycles. The zero-order chi connectivity index (χ0) is 11.1. The van der Waals surface area contributed by atoms with Crippen molar-refractivity contribution < 1.29 is 13.9 Å². The Morgan fingerprint density at radius 2 is 2.07 bits per heavy atom. The fourth-order valence-electron chi connectivity index (χ4n) is 1.41. The Balaban J connectivity index is 2.61.